The molecule has 4 heteroatoms. The highest BCUT2D eigenvalue weighted by Gasteiger charge is 2.39. The van der Waals surface area contributed by atoms with Crippen molar-refractivity contribution in [3.05, 3.63) is 50.4 Å². The van der Waals surface area contributed by atoms with Crippen molar-refractivity contribution < 1.29 is 0 Å². The van der Waals surface area contributed by atoms with E-state index >= 15 is 0 Å². The molecule has 3 rings (SSSR count). The maximum atomic E-state index is 6.20. The molecule has 1 aliphatic carbocycles. The van der Waals surface area contributed by atoms with Crippen LogP contribution in [0.4, 0.5) is 0 Å². The molecule has 0 bridgehead atoms. The van der Waals surface area contributed by atoms with Crippen LogP contribution in [0.15, 0.2) is 23.6 Å². The van der Waals surface area contributed by atoms with Gasteiger partial charge in [-0.15, -0.1) is 11.3 Å². The van der Waals surface area contributed by atoms with Crippen molar-refractivity contribution in [1.29, 1.82) is 0 Å². The Labute approximate surface area is 135 Å². The average Bonchev–Trinajstić information content (AvgIpc) is 2.93. The van der Waals surface area contributed by atoms with Crippen LogP contribution in [0, 0.1) is 12.3 Å². The molecule has 21 heavy (non-hydrogen) atoms. The predicted molar refractivity (Wildman–Crippen MR) is 90.1 cm³/mol. The molecule has 0 saturated heterocycles. The van der Waals surface area contributed by atoms with E-state index in [2.05, 4.69) is 48.6 Å². The number of aromatic nitrogens is 1. The van der Waals surface area contributed by atoms with Gasteiger partial charge in [0.2, 0.25) is 0 Å². The summed E-state index contributed by atoms with van der Waals surface area (Å²) in [4.78, 5) is 4.60. The molecule has 0 amide bonds. The minimum absolute atomic E-state index is 0.188. The van der Waals surface area contributed by atoms with E-state index in [-0.39, 0.29) is 11.5 Å². The fraction of sp³-hybridized carbons (Fsp3) is 0.471. The Morgan fingerprint density at radius 2 is 2.19 bits per heavy atom. The van der Waals surface area contributed by atoms with Crippen LogP contribution in [0.25, 0.3) is 0 Å². The third-order valence-corrected chi connectivity index (χ3v) is 5.65. The number of fused-ring (bicyclic) bond motifs is 1. The number of hydrogen-bond acceptors (Lipinski definition) is 3. The van der Waals surface area contributed by atoms with Gasteiger partial charge < -0.3 is 5.32 Å². The van der Waals surface area contributed by atoms with Gasteiger partial charge in [0.15, 0.2) is 0 Å². The minimum Gasteiger partial charge on any atom is -0.301 e. The fourth-order valence-electron chi connectivity index (χ4n) is 3.22. The zero-order valence-electron chi connectivity index (χ0n) is 12.9. The first-order valence-electron chi connectivity index (χ1n) is 7.33. The standard InChI is InChI=1S/C17H21ClN2S/c1-10-9-21-16(19-10)11(2)20-15-14-7-13(18)6-5-12(14)8-17(15,3)4/h5-7,9,11,15,20H,8H2,1-4H3. The minimum atomic E-state index is 0.188. The molecule has 2 aromatic rings. The van der Waals surface area contributed by atoms with Gasteiger partial charge in [0.25, 0.3) is 0 Å². The molecule has 0 spiro atoms. The molecule has 0 aliphatic heterocycles. The summed E-state index contributed by atoms with van der Waals surface area (Å²) in [6.45, 7) is 8.87. The van der Waals surface area contributed by atoms with E-state index in [1.54, 1.807) is 11.3 Å². The number of nitrogens with zero attached hydrogens (tertiary/aromatic N) is 1. The predicted octanol–water partition coefficient (Wildman–Crippen LogP) is 5.08. The third kappa shape index (κ3) is 2.87. The van der Waals surface area contributed by atoms with Gasteiger partial charge in [-0.3, -0.25) is 0 Å². The van der Waals surface area contributed by atoms with Crippen LogP contribution in [0.2, 0.25) is 5.02 Å². The molecule has 1 aromatic carbocycles. The highest BCUT2D eigenvalue weighted by molar-refractivity contribution is 7.09. The fourth-order valence-corrected chi connectivity index (χ4v) is 4.21. The van der Waals surface area contributed by atoms with E-state index in [4.69, 9.17) is 11.6 Å². The second-order valence-corrected chi connectivity index (χ2v) is 7.98. The van der Waals surface area contributed by atoms with Crippen molar-refractivity contribution in [2.75, 3.05) is 0 Å². The SMILES string of the molecule is Cc1csc(C(C)NC2c3cc(Cl)ccc3CC2(C)C)n1. The van der Waals surface area contributed by atoms with Crippen molar-refractivity contribution in [3.63, 3.8) is 0 Å². The zero-order chi connectivity index (χ0) is 15.2. The van der Waals surface area contributed by atoms with Gasteiger partial charge in [0, 0.05) is 22.1 Å². The molecule has 0 radical (unpaired) electrons. The number of hydrogen-bond donors (Lipinski definition) is 1. The van der Waals surface area contributed by atoms with Crippen LogP contribution < -0.4 is 5.32 Å². The molecule has 0 fully saturated rings. The number of nitrogens with one attached hydrogen (secondary N) is 1. The Balaban J connectivity index is 1.89. The van der Waals surface area contributed by atoms with E-state index < -0.39 is 0 Å². The van der Waals surface area contributed by atoms with E-state index in [9.17, 15) is 0 Å². The molecule has 1 aromatic heterocycles. The first-order valence-corrected chi connectivity index (χ1v) is 8.59. The number of aryl methyl sites for hydroxylation is 1. The normalized spacial score (nSPS) is 21.3. The number of thiazole rings is 1. The Hall–Kier alpha value is -0.900. The lowest BCUT2D eigenvalue weighted by atomic mass is 9.85. The number of benzene rings is 1. The molecule has 2 unspecified atom stereocenters. The number of rotatable bonds is 3. The lowest BCUT2D eigenvalue weighted by molar-refractivity contribution is 0.252. The van der Waals surface area contributed by atoms with Crippen molar-refractivity contribution >= 4 is 22.9 Å². The lowest BCUT2D eigenvalue weighted by Gasteiger charge is -2.31. The van der Waals surface area contributed by atoms with E-state index in [0.717, 1.165) is 22.1 Å². The Morgan fingerprint density at radius 1 is 1.43 bits per heavy atom. The summed E-state index contributed by atoms with van der Waals surface area (Å²) >= 11 is 7.93. The summed E-state index contributed by atoms with van der Waals surface area (Å²) in [6, 6.07) is 6.83. The Morgan fingerprint density at radius 3 is 2.86 bits per heavy atom. The first-order chi connectivity index (χ1) is 9.87. The monoisotopic (exact) mass is 320 g/mol. The van der Waals surface area contributed by atoms with Crippen LogP contribution in [-0.4, -0.2) is 4.98 Å². The molecule has 112 valence electrons. The van der Waals surface area contributed by atoms with Crippen LogP contribution in [0.5, 0.6) is 0 Å². The van der Waals surface area contributed by atoms with E-state index in [1.807, 2.05) is 13.0 Å². The van der Waals surface area contributed by atoms with Crippen molar-refractivity contribution in [3.8, 4) is 0 Å². The topological polar surface area (TPSA) is 24.9 Å². The van der Waals surface area contributed by atoms with Crippen molar-refractivity contribution in [1.82, 2.24) is 10.3 Å². The largest absolute Gasteiger partial charge is 0.301 e. The van der Waals surface area contributed by atoms with Crippen molar-refractivity contribution in [2.24, 2.45) is 5.41 Å². The molecular weight excluding hydrogens is 300 g/mol. The molecule has 1 aliphatic rings. The molecular formula is C17H21ClN2S. The van der Waals surface area contributed by atoms with Crippen LogP contribution >= 0.6 is 22.9 Å². The van der Waals surface area contributed by atoms with Gasteiger partial charge in [0.05, 0.1) is 6.04 Å². The first kappa shape index (κ1) is 15.0. The smallest absolute Gasteiger partial charge is 0.110 e. The summed E-state index contributed by atoms with van der Waals surface area (Å²) in [5.41, 5.74) is 4.03. The Bertz CT molecular complexity index is 663. The van der Waals surface area contributed by atoms with Gasteiger partial charge >= 0.3 is 0 Å². The second-order valence-electron chi connectivity index (χ2n) is 6.66. The average molecular weight is 321 g/mol. The molecule has 1 N–H and O–H groups in total. The summed E-state index contributed by atoms with van der Waals surface area (Å²) in [5, 5.41) is 7.85. The van der Waals surface area contributed by atoms with Crippen molar-refractivity contribution in [2.45, 2.75) is 46.2 Å². The summed E-state index contributed by atoms with van der Waals surface area (Å²) < 4.78 is 0. The van der Waals surface area contributed by atoms with Crippen LogP contribution in [0.3, 0.4) is 0 Å². The van der Waals surface area contributed by atoms with E-state index in [0.29, 0.717) is 6.04 Å². The Kier molecular flexibility index (Phi) is 3.85. The second kappa shape index (κ2) is 5.38. The van der Waals surface area contributed by atoms with Gasteiger partial charge in [0.1, 0.15) is 5.01 Å². The van der Waals surface area contributed by atoms with E-state index in [1.165, 1.54) is 11.1 Å². The highest BCUT2D eigenvalue weighted by Crippen LogP contribution is 2.46. The maximum Gasteiger partial charge on any atom is 0.110 e. The van der Waals surface area contributed by atoms with Gasteiger partial charge in [-0.05, 0) is 48.9 Å². The molecule has 2 nitrogen and oxygen atoms in total. The molecule has 1 heterocycles. The summed E-state index contributed by atoms with van der Waals surface area (Å²) in [7, 11) is 0. The van der Waals surface area contributed by atoms with Gasteiger partial charge in [-0.2, -0.15) is 0 Å². The lowest BCUT2D eigenvalue weighted by Crippen LogP contribution is -2.33. The quantitative estimate of drug-likeness (QED) is 0.853. The molecule has 2 atom stereocenters. The van der Waals surface area contributed by atoms with Gasteiger partial charge in [-0.1, -0.05) is 31.5 Å². The summed E-state index contributed by atoms with van der Waals surface area (Å²) in [6.07, 6.45) is 1.08. The number of halogens is 1. The van der Waals surface area contributed by atoms with Gasteiger partial charge in [-0.25, -0.2) is 4.98 Å². The van der Waals surface area contributed by atoms with Crippen LogP contribution in [-0.2, 0) is 6.42 Å². The summed E-state index contributed by atoms with van der Waals surface area (Å²) in [5.74, 6) is 0. The van der Waals surface area contributed by atoms with Crippen LogP contribution in [0.1, 0.15) is 54.7 Å². The maximum absolute atomic E-state index is 6.20. The molecule has 0 saturated carbocycles. The zero-order valence-corrected chi connectivity index (χ0v) is 14.5. The highest BCUT2D eigenvalue weighted by atomic mass is 35.5. The third-order valence-electron chi connectivity index (χ3n) is 4.27.